The standard InChI is InChI=1S/C27H23ClF2N4O6S/c1-27(2,3)40-25(36)32-23-15(9-31)18-13(4-5-17(29)22(18)41-23)19-16(28)8-14-21(20(19)30)39-11-12-10-33(26(37)38)6-7-34(12)24(14)35/h4-5,8,12H,6-7,10-11H2,1-3H3,(H,32,36)(H,37,38)/t12-/m1/s1. The van der Waals surface area contributed by atoms with Gasteiger partial charge in [0, 0.05) is 30.6 Å². The van der Waals surface area contributed by atoms with Crippen molar-refractivity contribution in [1.29, 1.82) is 5.26 Å². The molecule has 1 fully saturated rings. The lowest BCUT2D eigenvalue weighted by Crippen LogP contribution is -2.57. The van der Waals surface area contributed by atoms with Crippen LogP contribution in [0.3, 0.4) is 0 Å². The number of thiophene rings is 1. The zero-order chi connectivity index (χ0) is 29.8. The van der Waals surface area contributed by atoms with Crippen molar-refractivity contribution in [2.45, 2.75) is 32.4 Å². The number of nitrogens with one attached hydrogen (secondary N) is 1. The van der Waals surface area contributed by atoms with Crippen LogP contribution in [0.1, 0.15) is 36.7 Å². The van der Waals surface area contributed by atoms with Crippen LogP contribution < -0.4 is 10.1 Å². The van der Waals surface area contributed by atoms with E-state index in [1.165, 1.54) is 17.0 Å². The summed E-state index contributed by atoms with van der Waals surface area (Å²) < 4.78 is 42.2. The van der Waals surface area contributed by atoms with Gasteiger partial charge in [0.25, 0.3) is 5.91 Å². The molecule has 1 atom stereocenters. The fraction of sp³-hybridized carbons (Fsp3) is 0.333. The first-order valence-electron chi connectivity index (χ1n) is 12.4. The third-order valence-electron chi connectivity index (χ3n) is 6.62. The van der Waals surface area contributed by atoms with Gasteiger partial charge in [-0.3, -0.25) is 10.1 Å². The number of ether oxygens (including phenoxy) is 2. The Morgan fingerprint density at radius 2 is 2.00 bits per heavy atom. The summed E-state index contributed by atoms with van der Waals surface area (Å²) in [6.45, 7) is 4.96. The molecule has 1 saturated heterocycles. The van der Waals surface area contributed by atoms with Crippen molar-refractivity contribution < 1.29 is 37.7 Å². The Morgan fingerprint density at radius 3 is 2.66 bits per heavy atom. The van der Waals surface area contributed by atoms with Crippen LogP contribution in [0.5, 0.6) is 5.75 Å². The summed E-state index contributed by atoms with van der Waals surface area (Å²) in [5.74, 6) is -2.66. The van der Waals surface area contributed by atoms with Crippen LogP contribution in [0, 0.1) is 23.0 Å². The minimum atomic E-state index is -1.14. The van der Waals surface area contributed by atoms with Gasteiger partial charge >= 0.3 is 12.2 Å². The van der Waals surface area contributed by atoms with Crippen molar-refractivity contribution in [2.75, 3.05) is 31.6 Å². The number of anilines is 1. The van der Waals surface area contributed by atoms with E-state index in [0.717, 1.165) is 22.3 Å². The van der Waals surface area contributed by atoms with Crippen LogP contribution in [0.2, 0.25) is 5.02 Å². The van der Waals surface area contributed by atoms with E-state index in [1.807, 2.05) is 6.07 Å². The zero-order valence-electron chi connectivity index (χ0n) is 22.0. The molecule has 3 aromatic rings. The molecule has 0 radical (unpaired) electrons. The molecular weight excluding hydrogens is 582 g/mol. The number of piperazine rings is 1. The van der Waals surface area contributed by atoms with Gasteiger partial charge in [0.2, 0.25) is 0 Å². The highest BCUT2D eigenvalue weighted by atomic mass is 35.5. The molecule has 0 saturated carbocycles. The summed E-state index contributed by atoms with van der Waals surface area (Å²) in [4.78, 5) is 39.8. The lowest BCUT2D eigenvalue weighted by molar-refractivity contribution is 0.0388. The molecule has 14 heteroatoms. The Labute approximate surface area is 241 Å². The van der Waals surface area contributed by atoms with E-state index >= 15 is 4.39 Å². The number of hydrogen-bond acceptors (Lipinski definition) is 7. The third kappa shape index (κ3) is 5.09. The van der Waals surface area contributed by atoms with Gasteiger partial charge in [-0.2, -0.15) is 5.26 Å². The van der Waals surface area contributed by atoms with Crippen LogP contribution in [-0.2, 0) is 4.74 Å². The van der Waals surface area contributed by atoms with Gasteiger partial charge in [0.15, 0.2) is 11.6 Å². The van der Waals surface area contributed by atoms with E-state index in [4.69, 9.17) is 21.1 Å². The molecule has 0 spiro atoms. The van der Waals surface area contributed by atoms with Gasteiger partial charge in [0.05, 0.1) is 26.9 Å². The number of rotatable bonds is 2. The largest absolute Gasteiger partial charge is 0.487 e. The van der Waals surface area contributed by atoms with Gasteiger partial charge < -0.3 is 24.4 Å². The van der Waals surface area contributed by atoms with Crippen LogP contribution in [0.4, 0.5) is 23.4 Å². The molecule has 5 rings (SSSR count). The van der Waals surface area contributed by atoms with Crippen LogP contribution in [-0.4, -0.2) is 70.9 Å². The highest BCUT2D eigenvalue weighted by Gasteiger charge is 2.39. The van der Waals surface area contributed by atoms with Gasteiger partial charge in [-0.05, 0) is 38.5 Å². The highest BCUT2D eigenvalue weighted by molar-refractivity contribution is 7.23. The third-order valence-corrected chi connectivity index (χ3v) is 8.04. The maximum atomic E-state index is 16.3. The molecule has 214 valence electrons. The number of hydrogen-bond donors (Lipinski definition) is 2. The number of carbonyl (C=O) groups excluding carboxylic acids is 2. The number of halogens is 3. The fourth-order valence-corrected chi connectivity index (χ4v) is 6.25. The molecule has 0 unspecified atom stereocenters. The number of carboxylic acid groups (broad SMARTS) is 1. The number of benzene rings is 2. The van der Waals surface area contributed by atoms with Gasteiger partial charge in [-0.1, -0.05) is 17.7 Å². The molecule has 2 aliphatic heterocycles. The van der Waals surface area contributed by atoms with Gasteiger partial charge in [-0.25, -0.2) is 18.4 Å². The molecule has 2 aromatic carbocycles. The Kier molecular flexibility index (Phi) is 7.17. The Bertz CT molecular complexity index is 1660. The maximum Gasteiger partial charge on any atom is 0.412 e. The lowest BCUT2D eigenvalue weighted by Gasteiger charge is -2.38. The van der Waals surface area contributed by atoms with Crippen LogP contribution in [0.15, 0.2) is 18.2 Å². The maximum absolute atomic E-state index is 16.3. The molecular formula is C27H23ClF2N4O6S. The molecule has 3 amide bonds. The van der Waals surface area contributed by atoms with E-state index in [1.54, 1.807) is 20.8 Å². The summed E-state index contributed by atoms with van der Waals surface area (Å²) >= 11 is 7.32. The predicted octanol–water partition coefficient (Wildman–Crippen LogP) is 5.92. The van der Waals surface area contributed by atoms with Crippen LogP contribution in [0.25, 0.3) is 21.2 Å². The molecule has 41 heavy (non-hydrogen) atoms. The molecule has 0 aliphatic carbocycles. The Morgan fingerprint density at radius 1 is 1.27 bits per heavy atom. The van der Waals surface area contributed by atoms with Crippen molar-refractivity contribution >= 4 is 56.1 Å². The van der Waals surface area contributed by atoms with E-state index in [-0.39, 0.29) is 74.4 Å². The Hall–Kier alpha value is -4.15. The lowest BCUT2D eigenvalue weighted by atomic mass is 9.96. The van der Waals surface area contributed by atoms with Crippen molar-refractivity contribution in [2.24, 2.45) is 0 Å². The minimum absolute atomic E-state index is 0.000628. The van der Waals surface area contributed by atoms with Crippen molar-refractivity contribution in [3.63, 3.8) is 0 Å². The van der Waals surface area contributed by atoms with Crippen molar-refractivity contribution in [3.05, 3.63) is 46.0 Å². The first-order chi connectivity index (χ1) is 19.3. The highest BCUT2D eigenvalue weighted by Crippen LogP contribution is 2.47. The first-order valence-corrected chi connectivity index (χ1v) is 13.6. The second-order valence-electron chi connectivity index (χ2n) is 10.5. The summed E-state index contributed by atoms with van der Waals surface area (Å²) in [5, 5.41) is 21.6. The van der Waals surface area contributed by atoms with Gasteiger partial charge in [0.1, 0.15) is 29.1 Å². The normalized spacial score (nSPS) is 16.8. The SMILES string of the molecule is CC(C)(C)OC(=O)Nc1sc2c(F)ccc(-c3c(Cl)cc4c(c3F)OC[C@H]3CN(C(=O)O)CCN3C4=O)c2c1C#N. The smallest absolute Gasteiger partial charge is 0.412 e. The quantitative estimate of drug-likeness (QED) is 0.371. The van der Waals surface area contributed by atoms with Crippen molar-refractivity contribution in [3.8, 4) is 22.9 Å². The zero-order valence-corrected chi connectivity index (χ0v) is 23.6. The summed E-state index contributed by atoms with van der Waals surface area (Å²) in [5.41, 5.74) is -1.28. The topological polar surface area (TPSA) is 132 Å². The number of nitriles is 1. The van der Waals surface area contributed by atoms with E-state index in [0.29, 0.717) is 0 Å². The molecule has 2 N–H and O–H groups in total. The Balaban J connectivity index is 1.62. The average Bonchev–Trinajstić information content (AvgIpc) is 3.19. The molecule has 3 heterocycles. The predicted molar refractivity (Wildman–Crippen MR) is 147 cm³/mol. The number of nitrogens with zero attached hydrogens (tertiary/aromatic N) is 3. The van der Waals surface area contributed by atoms with Gasteiger partial charge in [-0.15, -0.1) is 11.3 Å². The molecule has 1 aromatic heterocycles. The second-order valence-corrected chi connectivity index (χ2v) is 11.9. The first kappa shape index (κ1) is 28.4. The monoisotopic (exact) mass is 604 g/mol. The number of amides is 3. The fourth-order valence-electron chi connectivity index (χ4n) is 4.89. The molecule has 10 nitrogen and oxygen atoms in total. The summed E-state index contributed by atoms with van der Waals surface area (Å²) in [7, 11) is 0. The van der Waals surface area contributed by atoms with Crippen LogP contribution >= 0.6 is 22.9 Å². The summed E-state index contributed by atoms with van der Waals surface area (Å²) in [6.07, 6.45) is -2.00. The number of carbonyl (C=O) groups is 3. The van der Waals surface area contributed by atoms with E-state index in [2.05, 4.69) is 5.32 Å². The number of fused-ring (bicyclic) bond motifs is 3. The molecule has 2 aliphatic rings. The molecule has 0 bridgehead atoms. The van der Waals surface area contributed by atoms with E-state index < -0.39 is 41.4 Å². The van der Waals surface area contributed by atoms with Crippen molar-refractivity contribution in [1.82, 2.24) is 9.80 Å². The second kappa shape index (κ2) is 10.4. The summed E-state index contributed by atoms with van der Waals surface area (Å²) in [6, 6.07) is 4.89. The van der Waals surface area contributed by atoms with E-state index in [9.17, 15) is 29.1 Å². The average molecular weight is 605 g/mol. The minimum Gasteiger partial charge on any atom is -0.487 e.